The number of methoxy groups -OCH3 is 1. The smallest absolute Gasteiger partial charge is 0.203 e. The second kappa shape index (κ2) is 8.82. The average Bonchev–Trinajstić information content (AvgIpc) is 3.07. The topological polar surface area (TPSA) is 55.7 Å². The highest BCUT2D eigenvalue weighted by molar-refractivity contribution is 9.10. The number of rotatable bonds is 7. The fourth-order valence-corrected chi connectivity index (χ4v) is 3.09. The molecule has 7 heteroatoms. The molecule has 3 rings (SSSR count). The molecule has 0 amide bonds. The molecule has 0 aliphatic carbocycles. The van der Waals surface area contributed by atoms with Crippen molar-refractivity contribution in [2.75, 3.05) is 12.5 Å². The van der Waals surface area contributed by atoms with Crippen molar-refractivity contribution in [1.29, 1.82) is 0 Å². The van der Waals surface area contributed by atoms with Crippen molar-refractivity contribution in [1.82, 2.24) is 4.98 Å². The summed E-state index contributed by atoms with van der Waals surface area (Å²) in [6.45, 7) is 2.42. The van der Waals surface area contributed by atoms with Crippen LogP contribution in [0.5, 0.6) is 11.5 Å². The molecule has 3 aromatic rings. The summed E-state index contributed by atoms with van der Waals surface area (Å²) in [5, 5.41) is 6.94. The van der Waals surface area contributed by atoms with Crippen LogP contribution < -0.4 is 14.9 Å². The van der Waals surface area contributed by atoms with Gasteiger partial charge in [0.05, 0.1) is 19.0 Å². The normalized spacial score (nSPS) is 10.9. The number of aromatic nitrogens is 1. The highest BCUT2D eigenvalue weighted by Gasteiger charge is 2.06. The Kier molecular flexibility index (Phi) is 6.25. The number of anilines is 1. The number of ether oxygens (including phenoxy) is 2. The molecule has 0 radical (unpaired) electrons. The lowest BCUT2D eigenvalue weighted by Crippen LogP contribution is -1.98. The maximum Gasteiger partial charge on any atom is 0.203 e. The second-order valence-electron chi connectivity index (χ2n) is 5.49. The molecule has 2 aromatic carbocycles. The predicted octanol–water partition coefficient (Wildman–Crippen LogP) is 5.25. The Bertz CT molecular complexity index is 894. The fraction of sp³-hybridized carbons (Fsp3) is 0.158. The van der Waals surface area contributed by atoms with E-state index in [1.165, 1.54) is 11.3 Å². The van der Waals surface area contributed by atoms with Crippen LogP contribution in [0.3, 0.4) is 0 Å². The molecule has 0 aliphatic rings. The first-order valence-electron chi connectivity index (χ1n) is 7.90. The van der Waals surface area contributed by atoms with Crippen molar-refractivity contribution < 1.29 is 9.47 Å². The summed E-state index contributed by atoms with van der Waals surface area (Å²) in [7, 11) is 1.62. The summed E-state index contributed by atoms with van der Waals surface area (Å²) in [5.74, 6) is 1.35. The van der Waals surface area contributed by atoms with Crippen LogP contribution in [0.4, 0.5) is 5.13 Å². The number of halogens is 1. The van der Waals surface area contributed by atoms with E-state index in [2.05, 4.69) is 31.4 Å². The van der Waals surface area contributed by atoms with Crippen molar-refractivity contribution >= 4 is 38.6 Å². The molecular weight excluding hydrogens is 414 g/mol. The van der Waals surface area contributed by atoms with E-state index < -0.39 is 0 Å². The average molecular weight is 432 g/mol. The second-order valence-corrected chi connectivity index (χ2v) is 7.26. The van der Waals surface area contributed by atoms with Crippen LogP contribution in [0.2, 0.25) is 0 Å². The fourth-order valence-electron chi connectivity index (χ4n) is 2.19. The molecule has 0 aliphatic heterocycles. The molecule has 0 spiro atoms. The Morgan fingerprint density at radius 2 is 2.00 bits per heavy atom. The molecule has 134 valence electrons. The third kappa shape index (κ3) is 5.06. The molecule has 0 unspecified atom stereocenters. The quantitative estimate of drug-likeness (QED) is 0.410. The van der Waals surface area contributed by atoms with E-state index in [0.717, 1.165) is 26.4 Å². The van der Waals surface area contributed by atoms with Gasteiger partial charge in [-0.1, -0.05) is 28.1 Å². The first-order chi connectivity index (χ1) is 12.6. The minimum atomic E-state index is 0.474. The van der Waals surface area contributed by atoms with Gasteiger partial charge in [0.25, 0.3) is 0 Å². The van der Waals surface area contributed by atoms with Crippen LogP contribution >= 0.6 is 27.3 Å². The van der Waals surface area contributed by atoms with Crippen LogP contribution in [-0.2, 0) is 6.61 Å². The Balaban J connectivity index is 1.63. The van der Waals surface area contributed by atoms with Gasteiger partial charge in [0.15, 0.2) is 11.5 Å². The summed E-state index contributed by atoms with van der Waals surface area (Å²) in [6, 6.07) is 13.7. The maximum absolute atomic E-state index is 5.88. The first kappa shape index (κ1) is 18.4. The van der Waals surface area contributed by atoms with Crippen LogP contribution in [-0.4, -0.2) is 18.3 Å². The number of benzene rings is 2. The first-order valence-corrected chi connectivity index (χ1v) is 9.58. The van der Waals surface area contributed by atoms with E-state index in [0.29, 0.717) is 18.1 Å². The zero-order valence-electron chi connectivity index (χ0n) is 14.4. The number of nitrogens with one attached hydrogen (secondary N) is 1. The molecular formula is C19H18BrN3O2S. The van der Waals surface area contributed by atoms with Crippen LogP contribution in [0.25, 0.3) is 0 Å². The van der Waals surface area contributed by atoms with Crippen molar-refractivity contribution in [3.63, 3.8) is 0 Å². The van der Waals surface area contributed by atoms with Crippen LogP contribution in [0.15, 0.2) is 57.4 Å². The lowest BCUT2D eigenvalue weighted by Gasteiger charge is -2.11. The van der Waals surface area contributed by atoms with Crippen LogP contribution in [0.1, 0.15) is 16.8 Å². The Morgan fingerprint density at radius 1 is 1.19 bits per heavy atom. The number of hydrazone groups is 1. The van der Waals surface area contributed by atoms with E-state index in [1.807, 2.05) is 54.8 Å². The van der Waals surface area contributed by atoms with Crippen molar-refractivity contribution in [3.05, 3.63) is 69.1 Å². The van der Waals surface area contributed by atoms with Gasteiger partial charge >= 0.3 is 0 Å². The largest absolute Gasteiger partial charge is 0.493 e. The predicted molar refractivity (Wildman–Crippen MR) is 110 cm³/mol. The third-order valence-electron chi connectivity index (χ3n) is 3.49. The van der Waals surface area contributed by atoms with Crippen molar-refractivity contribution in [3.8, 4) is 11.5 Å². The van der Waals surface area contributed by atoms with Gasteiger partial charge in [0.1, 0.15) is 6.61 Å². The molecule has 0 saturated heterocycles. The number of hydrogen-bond acceptors (Lipinski definition) is 6. The van der Waals surface area contributed by atoms with Gasteiger partial charge in [-0.15, -0.1) is 11.3 Å². The Morgan fingerprint density at radius 3 is 2.69 bits per heavy atom. The Hall–Kier alpha value is -2.38. The minimum absolute atomic E-state index is 0.474. The number of hydrogen-bond donors (Lipinski definition) is 1. The van der Waals surface area contributed by atoms with Crippen LogP contribution in [0, 0.1) is 6.92 Å². The lowest BCUT2D eigenvalue weighted by molar-refractivity contribution is 0.284. The standard InChI is InChI=1S/C19H18BrN3O2S/c1-13-12-26-19(22-13)23-21-10-15-5-8-17(18(9-15)24-2)25-11-14-3-6-16(20)7-4-14/h3-10,12H,11H2,1-2H3,(H,22,23). The lowest BCUT2D eigenvalue weighted by atomic mass is 10.2. The van der Waals surface area contributed by atoms with E-state index in [1.54, 1.807) is 13.3 Å². The van der Waals surface area contributed by atoms with E-state index in [4.69, 9.17) is 9.47 Å². The third-order valence-corrected chi connectivity index (χ3v) is 4.88. The number of thiazole rings is 1. The van der Waals surface area contributed by atoms with E-state index in [-0.39, 0.29) is 0 Å². The molecule has 0 fully saturated rings. The van der Waals surface area contributed by atoms with Gasteiger partial charge in [0.2, 0.25) is 5.13 Å². The summed E-state index contributed by atoms with van der Waals surface area (Å²) in [6.07, 6.45) is 1.72. The highest BCUT2D eigenvalue weighted by Crippen LogP contribution is 2.28. The molecule has 0 atom stereocenters. The molecule has 0 bridgehead atoms. The summed E-state index contributed by atoms with van der Waals surface area (Å²) < 4.78 is 12.4. The molecule has 1 heterocycles. The monoisotopic (exact) mass is 431 g/mol. The summed E-state index contributed by atoms with van der Waals surface area (Å²) >= 11 is 4.94. The SMILES string of the molecule is COc1cc(C=NNc2nc(C)cs2)ccc1OCc1ccc(Br)cc1. The van der Waals surface area contributed by atoms with E-state index in [9.17, 15) is 0 Å². The molecule has 1 aromatic heterocycles. The van der Waals surface area contributed by atoms with Gasteiger partial charge in [-0.2, -0.15) is 5.10 Å². The van der Waals surface area contributed by atoms with Gasteiger partial charge < -0.3 is 9.47 Å². The number of nitrogens with zero attached hydrogens (tertiary/aromatic N) is 2. The highest BCUT2D eigenvalue weighted by atomic mass is 79.9. The zero-order valence-corrected chi connectivity index (χ0v) is 16.8. The van der Waals surface area contributed by atoms with Crippen molar-refractivity contribution in [2.24, 2.45) is 5.10 Å². The molecule has 5 nitrogen and oxygen atoms in total. The maximum atomic E-state index is 5.88. The van der Waals surface area contributed by atoms with Gasteiger partial charge in [0, 0.05) is 9.85 Å². The summed E-state index contributed by atoms with van der Waals surface area (Å²) in [4.78, 5) is 4.29. The minimum Gasteiger partial charge on any atom is -0.493 e. The Labute approximate surface area is 164 Å². The van der Waals surface area contributed by atoms with Gasteiger partial charge in [-0.25, -0.2) is 4.98 Å². The zero-order chi connectivity index (χ0) is 18.4. The molecule has 26 heavy (non-hydrogen) atoms. The summed E-state index contributed by atoms with van der Waals surface area (Å²) in [5.41, 5.74) is 5.88. The van der Waals surface area contributed by atoms with Gasteiger partial charge in [-0.05, 0) is 48.4 Å². The van der Waals surface area contributed by atoms with Crippen molar-refractivity contribution in [2.45, 2.75) is 13.5 Å². The number of aryl methyl sites for hydroxylation is 1. The molecule has 0 saturated carbocycles. The van der Waals surface area contributed by atoms with Gasteiger partial charge in [-0.3, -0.25) is 5.43 Å². The van der Waals surface area contributed by atoms with E-state index >= 15 is 0 Å². The molecule has 1 N–H and O–H groups in total.